The fourth-order valence-corrected chi connectivity index (χ4v) is 5.15. The van der Waals surface area contributed by atoms with Crippen LogP contribution in [0.25, 0.3) is 33.0 Å². The van der Waals surface area contributed by atoms with Gasteiger partial charge in [0.2, 0.25) is 0 Å². The molecular weight excluding hydrogens is 549 g/mol. The third-order valence-electron chi connectivity index (χ3n) is 6.10. The molecule has 8 heteroatoms. The Labute approximate surface area is 240 Å². The molecule has 0 amide bonds. The topological polar surface area (TPSA) is 87.5 Å². The highest BCUT2D eigenvalue weighted by Gasteiger charge is 2.17. The van der Waals surface area contributed by atoms with Crippen LogP contribution in [0.3, 0.4) is 0 Å². The monoisotopic (exact) mass is 573 g/mol. The van der Waals surface area contributed by atoms with Crippen LogP contribution in [-0.4, -0.2) is 27.1 Å². The predicted molar refractivity (Wildman–Crippen MR) is 157 cm³/mol. The van der Waals surface area contributed by atoms with Gasteiger partial charge in [-0.25, -0.2) is 9.37 Å². The molecule has 4 aromatic carbocycles. The lowest BCUT2D eigenvalue weighted by Gasteiger charge is -2.09. The van der Waals surface area contributed by atoms with Crippen molar-refractivity contribution in [2.45, 2.75) is 19.3 Å². The fraction of sp³-hybridized carbons (Fsp3) is 0.0938. The van der Waals surface area contributed by atoms with Crippen molar-refractivity contribution in [1.29, 1.82) is 0 Å². The van der Waals surface area contributed by atoms with Crippen LogP contribution in [0.4, 0.5) is 4.39 Å². The zero-order chi connectivity index (χ0) is 28.6. The molecule has 0 spiro atoms. The molecule has 202 valence electrons. The lowest BCUT2D eigenvalue weighted by atomic mass is 9.97. The molecule has 0 bridgehead atoms. The third-order valence-corrected chi connectivity index (χ3v) is 7.45. The van der Waals surface area contributed by atoms with Crippen LogP contribution >= 0.6 is 22.9 Å². The smallest absolute Gasteiger partial charge is 0.310 e. The normalized spacial score (nSPS) is 11.3. The SMILES string of the molecule is CC(C(=O)O)c1ccc(-c2ccccc2)c(F)c1.O=C(O)Cc1sc(-c2ccccc2)nc1-c1ccc(Cl)cc1. The summed E-state index contributed by atoms with van der Waals surface area (Å²) in [6.45, 7) is 1.54. The Morgan fingerprint density at radius 1 is 0.850 bits per heavy atom. The van der Waals surface area contributed by atoms with Crippen LogP contribution < -0.4 is 0 Å². The number of rotatable bonds is 7. The van der Waals surface area contributed by atoms with Gasteiger partial charge in [-0.3, -0.25) is 9.59 Å². The maximum atomic E-state index is 14.0. The number of hydrogen-bond acceptors (Lipinski definition) is 4. The molecule has 1 atom stereocenters. The van der Waals surface area contributed by atoms with Crippen molar-refractivity contribution in [2.75, 3.05) is 0 Å². The van der Waals surface area contributed by atoms with E-state index in [-0.39, 0.29) is 6.42 Å². The Morgan fingerprint density at radius 3 is 2.00 bits per heavy atom. The molecule has 1 heterocycles. The summed E-state index contributed by atoms with van der Waals surface area (Å²) in [5.74, 6) is -2.92. The van der Waals surface area contributed by atoms with E-state index in [1.807, 2.05) is 72.8 Å². The van der Waals surface area contributed by atoms with Gasteiger partial charge in [-0.2, -0.15) is 0 Å². The van der Waals surface area contributed by atoms with Crippen LogP contribution in [0, 0.1) is 5.82 Å². The number of carboxylic acids is 2. The summed E-state index contributed by atoms with van der Waals surface area (Å²) in [5, 5.41) is 19.5. The van der Waals surface area contributed by atoms with Gasteiger partial charge in [0.05, 0.1) is 18.0 Å². The van der Waals surface area contributed by atoms with E-state index in [4.69, 9.17) is 21.8 Å². The fourth-order valence-electron chi connectivity index (χ4n) is 3.94. The first-order chi connectivity index (χ1) is 19.2. The third kappa shape index (κ3) is 7.20. The predicted octanol–water partition coefficient (Wildman–Crippen LogP) is 8.44. The first-order valence-corrected chi connectivity index (χ1v) is 13.5. The Morgan fingerprint density at radius 2 is 1.45 bits per heavy atom. The van der Waals surface area contributed by atoms with Gasteiger partial charge in [-0.15, -0.1) is 11.3 Å². The van der Waals surface area contributed by atoms with Gasteiger partial charge in [-0.05, 0) is 36.2 Å². The van der Waals surface area contributed by atoms with Crippen LogP contribution in [0.15, 0.2) is 103 Å². The Bertz CT molecular complexity index is 1610. The standard InChI is InChI=1S/C17H12ClNO2S.C15H13FO2/c18-13-8-6-11(7-9-13)16-14(10-15(20)21)22-17(19-16)12-4-2-1-3-5-12;1-10(15(17)18)12-7-8-13(14(16)9-12)11-5-3-2-4-6-11/h1-9H,10H2,(H,20,21);2-10H,1H3,(H,17,18). The van der Waals surface area contributed by atoms with Gasteiger partial charge in [0, 0.05) is 26.6 Å². The Kier molecular flexibility index (Phi) is 9.43. The Hall–Kier alpha value is -4.33. The molecule has 0 radical (unpaired) electrons. The van der Waals surface area contributed by atoms with Crippen molar-refractivity contribution >= 4 is 34.9 Å². The molecule has 5 rings (SSSR count). The second-order valence-electron chi connectivity index (χ2n) is 8.90. The first kappa shape index (κ1) is 28.7. The number of halogens is 2. The molecule has 0 fully saturated rings. The number of hydrogen-bond donors (Lipinski definition) is 2. The van der Waals surface area contributed by atoms with Gasteiger partial charge < -0.3 is 10.2 Å². The summed E-state index contributed by atoms with van der Waals surface area (Å²) < 4.78 is 14.0. The van der Waals surface area contributed by atoms with Gasteiger partial charge in [0.25, 0.3) is 0 Å². The molecule has 0 saturated heterocycles. The minimum absolute atomic E-state index is 0.0392. The molecule has 0 saturated carbocycles. The number of aromatic nitrogens is 1. The van der Waals surface area contributed by atoms with Crippen LogP contribution in [0.2, 0.25) is 5.02 Å². The summed E-state index contributed by atoms with van der Waals surface area (Å²) >= 11 is 7.33. The van der Waals surface area contributed by atoms with Gasteiger partial charge in [0.1, 0.15) is 10.8 Å². The maximum Gasteiger partial charge on any atom is 0.310 e. The minimum atomic E-state index is -0.957. The van der Waals surface area contributed by atoms with E-state index < -0.39 is 23.7 Å². The number of benzene rings is 4. The second-order valence-corrected chi connectivity index (χ2v) is 10.4. The number of carbonyl (C=O) groups is 2. The summed E-state index contributed by atoms with van der Waals surface area (Å²) in [6, 6.07) is 30.8. The van der Waals surface area contributed by atoms with E-state index in [2.05, 4.69) is 4.98 Å². The molecule has 1 aromatic heterocycles. The lowest BCUT2D eigenvalue weighted by molar-refractivity contribution is -0.138. The molecule has 1 unspecified atom stereocenters. The highest BCUT2D eigenvalue weighted by atomic mass is 35.5. The number of nitrogens with zero attached hydrogens (tertiary/aromatic N) is 1. The minimum Gasteiger partial charge on any atom is -0.481 e. The van der Waals surface area contributed by atoms with Crippen molar-refractivity contribution in [3.05, 3.63) is 124 Å². The molecular formula is C32H25ClFNO4S. The number of carboxylic acid groups (broad SMARTS) is 2. The summed E-state index contributed by atoms with van der Waals surface area (Å²) in [6.07, 6.45) is -0.0392. The summed E-state index contributed by atoms with van der Waals surface area (Å²) in [5.41, 5.74) is 4.31. The van der Waals surface area contributed by atoms with E-state index in [1.54, 1.807) is 31.2 Å². The van der Waals surface area contributed by atoms with Crippen molar-refractivity contribution in [3.63, 3.8) is 0 Å². The van der Waals surface area contributed by atoms with Crippen LogP contribution in [0.1, 0.15) is 23.3 Å². The highest BCUT2D eigenvalue weighted by molar-refractivity contribution is 7.15. The summed E-state index contributed by atoms with van der Waals surface area (Å²) in [7, 11) is 0. The van der Waals surface area contributed by atoms with E-state index >= 15 is 0 Å². The van der Waals surface area contributed by atoms with Gasteiger partial charge >= 0.3 is 11.9 Å². The molecule has 5 nitrogen and oxygen atoms in total. The van der Waals surface area contributed by atoms with E-state index in [1.165, 1.54) is 17.4 Å². The molecule has 5 aromatic rings. The first-order valence-electron chi connectivity index (χ1n) is 12.3. The van der Waals surface area contributed by atoms with Gasteiger partial charge in [0.15, 0.2) is 0 Å². The maximum absolute atomic E-state index is 14.0. The average Bonchev–Trinajstić information content (AvgIpc) is 3.37. The van der Waals surface area contributed by atoms with E-state index in [9.17, 15) is 14.0 Å². The van der Waals surface area contributed by atoms with E-state index in [0.717, 1.165) is 26.6 Å². The quantitative estimate of drug-likeness (QED) is 0.204. The molecule has 2 N–H and O–H groups in total. The average molecular weight is 574 g/mol. The van der Waals surface area contributed by atoms with Crippen molar-refractivity contribution in [3.8, 4) is 33.0 Å². The van der Waals surface area contributed by atoms with Crippen molar-refractivity contribution < 1.29 is 24.2 Å². The van der Waals surface area contributed by atoms with Crippen molar-refractivity contribution in [2.24, 2.45) is 0 Å². The molecule has 0 aliphatic rings. The number of thiazole rings is 1. The highest BCUT2D eigenvalue weighted by Crippen LogP contribution is 2.34. The molecule has 0 aliphatic carbocycles. The van der Waals surface area contributed by atoms with Crippen molar-refractivity contribution in [1.82, 2.24) is 4.98 Å². The lowest BCUT2D eigenvalue weighted by Crippen LogP contribution is -2.07. The number of aliphatic carboxylic acids is 2. The van der Waals surface area contributed by atoms with Gasteiger partial charge in [-0.1, -0.05) is 96.5 Å². The molecule has 0 aliphatic heterocycles. The second kappa shape index (κ2) is 13.2. The zero-order valence-corrected chi connectivity index (χ0v) is 23.0. The zero-order valence-electron chi connectivity index (χ0n) is 21.4. The molecule has 40 heavy (non-hydrogen) atoms. The van der Waals surface area contributed by atoms with Crippen LogP contribution in [-0.2, 0) is 16.0 Å². The van der Waals surface area contributed by atoms with Crippen LogP contribution in [0.5, 0.6) is 0 Å². The van der Waals surface area contributed by atoms with E-state index in [0.29, 0.717) is 21.8 Å². The Balaban J connectivity index is 0.000000189. The summed E-state index contributed by atoms with van der Waals surface area (Å²) in [4.78, 5) is 27.3. The largest absolute Gasteiger partial charge is 0.481 e.